The number of carbonyl (C=O) groups excluding carboxylic acids is 1. The highest BCUT2D eigenvalue weighted by Gasteiger charge is 2.25. The summed E-state index contributed by atoms with van der Waals surface area (Å²) < 4.78 is 0. The highest BCUT2D eigenvalue weighted by atomic mass is 35.5. The van der Waals surface area contributed by atoms with Gasteiger partial charge in [0.05, 0.1) is 0 Å². The van der Waals surface area contributed by atoms with Gasteiger partial charge in [-0.3, -0.25) is 9.69 Å². The second-order valence-corrected chi connectivity index (χ2v) is 6.88. The molecule has 0 bridgehead atoms. The molecule has 1 aromatic carbocycles. The summed E-state index contributed by atoms with van der Waals surface area (Å²) in [5.41, 5.74) is 1.36. The van der Waals surface area contributed by atoms with Crippen molar-refractivity contribution in [1.82, 2.24) is 15.5 Å². The van der Waals surface area contributed by atoms with Gasteiger partial charge in [0.1, 0.15) is 0 Å². The van der Waals surface area contributed by atoms with E-state index in [4.69, 9.17) is 0 Å². The number of nitrogens with one attached hydrogen (secondary N) is 2. The number of rotatable bonds is 5. The molecule has 24 heavy (non-hydrogen) atoms. The van der Waals surface area contributed by atoms with Crippen LogP contribution in [0.2, 0.25) is 0 Å². The fourth-order valence-corrected chi connectivity index (χ4v) is 3.76. The number of hydrogen-bond acceptors (Lipinski definition) is 3. The van der Waals surface area contributed by atoms with Crippen molar-refractivity contribution in [3.8, 4) is 0 Å². The Balaban J connectivity index is 0.00000208. The minimum absolute atomic E-state index is 0. The van der Waals surface area contributed by atoms with Crippen molar-refractivity contribution >= 4 is 18.3 Å². The first-order valence-corrected chi connectivity index (χ1v) is 9.09. The van der Waals surface area contributed by atoms with E-state index in [2.05, 4.69) is 45.9 Å². The monoisotopic (exact) mass is 351 g/mol. The molecule has 2 N–H and O–H groups in total. The van der Waals surface area contributed by atoms with Crippen LogP contribution in [0.1, 0.15) is 37.7 Å². The van der Waals surface area contributed by atoms with Crippen LogP contribution in [-0.4, -0.2) is 43.0 Å². The summed E-state index contributed by atoms with van der Waals surface area (Å²) in [6, 6.07) is 11.1. The Morgan fingerprint density at radius 2 is 1.88 bits per heavy atom. The third kappa shape index (κ3) is 5.47. The van der Waals surface area contributed by atoms with Crippen molar-refractivity contribution in [3.05, 3.63) is 35.9 Å². The van der Waals surface area contributed by atoms with Crippen LogP contribution in [0.3, 0.4) is 0 Å². The lowest BCUT2D eigenvalue weighted by atomic mass is 9.96. The number of benzene rings is 1. The number of carbonyl (C=O) groups is 1. The molecule has 2 aliphatic heterocycles. The average Bonchev–Trinajstić information content (AvgIpc) is 2.62. The van der Waals surface area contributed by atoms with Gasteiger partial charge in [-0.15, -0.1) is 12.4 Å². The van der Waals surface area contributed by atoms with Crippen LogP contribution in [0.4, 0.5) is 0 Å². The van der Waals surface area contributed by atoms with Gasteiger partial charge in [0.2, 0.25) is 5.91 Å². The van der Waals surface area contributed by atoms with Crippen molar-refractivity contribution in [3.63, 3.8) is 0 Å². The maximum Gasteiger partial charge on any atom is 0.223 e. The summed E-state index contributed by atoms with van der Waals surface area (Å²) in [5.74, 6) is 0.471. The summed E-state index contributed by atoms with van der Waals surface area (Å²) in [4.78, 5) is 14.9. The summed E-state index contributed by atoms with van der Waals surface area (Å²) in [5, 5.41) is 6.55. The summed E-state index contributed by atoms with van der Waals surface area (Å²) in [6.07, 6.45) is 5.69. The van der Waals surface area contributed by atoms with E-state index in [1.807, 2.05) is 0 Å². The number of likely N-dealkylation sites (tertiary alicyclic amines) is 1. The zero-order chi connectivity index (χ0) is 15.9. The van der Waals surface area contributed by atoms with E-state index < -0.39 is 0 Å². The van der Waals surface area contributed by atoms with Gasteiger partial charge >= 0.3 is 0 Å². The molecule has 2 heterocycles. The normalized spacial score (nSPS) is 22.6. The van der Waals surface area contributed by atoms with Gasteiger partial charge in [-0.2, -0.15) is 0 Å². The summed E-state index contributed by atoms with van der Waals surface area (Å²) >= 11 is 0. The maximum absolute atomic E-state index is 12.3. The molecule has 5 heteroatoms. The number of hydrogen-bond donors (Lipinski definition) is 2. The Morgan fingerprint density at radius 1 is 1.12 bits per heavy atom. The topological polar surface area (TPSA) is 44.4 Å². The van der Waals surface area contributed by atoms with Crippen molar-refractivity contribution in [2.24, 2.45) is 5.92 Å². The fourth-order valence-electron chi connectivity index (χ4n) is 3.76. The van der Waals surface area contributed by atoms with E-state index in [0.717, 1.165) is 45.6 Å². The highest BCUT2D eigenvalue weighted by Crippen LogP contribution is 2.19. The quantitative estimate of drug-likeness (QED) is 0.857. The highest BCUT2D eigenvalue weighted by molar-refractivity contribution is 5.85. The van der Waals surface area contributed by atoms with Crippen molar-refractivity contribution in [2.45, 2.75) is 44.7 Å². The number of piperidine rings is 2. The molecule has 2 aliphatic rings. The Morgan fingerprint density at radius 3 is 2.62 bits per heavy atom. The molecule has 0 saturated carbocycles. The molecule has 0 radical (unpaired) electrons. The molecule has 1 aromatic rings. The van der Waals surface area contributed by atoms with Gasteiger partial charge in [0.15, 0.2) is 0 Å². The summed E-state index contributed by atoms with van der Waals surface area (Å²) in [7, 11) is 0. The molecule has 134 valence electrons. The Kier molecular flexibility index (Phi) is 8.03. The van der Waals surface area contributed by atoms with Gasteiger partial charge < -0.3 is 10.6 Å². The molecule has 0 aliphatic carbocycles. The first-order chi connectivity index (χ1) is 11.3. The molecular formula is C19H30ClN3O. The van der Waals surface area contributed by atoms with Crippen LogP contribution in [0.15, 0.2) is 30.3 Å². The van der Waals surface area contributed by atoms with Crippen molar-refractivity contribution < 1.29 is 4.79 Å². The van der Waals surface area contributed by atoms with Gasteiger partial charge in [-0.1, -0.05) is 36.8 Å². The van der Waals surface area contributed by atoms with Crippen LogP contribution in [-0.2, 0) is 11.3 Å². The van der Waals surface area contributed by atoms with Crippen LogP contribution >= 0.6 is 12.4 Å². The lowest BCUT2D eigenvalue weighted by Crippen LogP contribution is -2.48. The van der Waals surface area contributed by atoms with Gasteiger partial charge in [0, 0.05) is 25.0 Å². The SMILES string of the molecule is Cl.O=C(NCC1CCCCN1Cc1ccccc1)C1CCNCC1. The fraction of sp³-hybridized carbons (Fsp3) is 0.632. The first kappa shape index (κ1) is 19.2. The Labute approximate surface area is 151 Å². The van der Waals surface area contributed by atoms with Crippen LogP contribution < -0.4 is 10.6 Å². The van der Waals surface area contributed by atoms with E-state index in [1.165, 1.54) is 24.8 Å². The minimum Gasteiger partial charge on any atom is -0.354 e. The zero-order valence-electron chi connectivity index (χ0n) is 14.4. The molecule has 4 nitrogen and oxygen atoms in total. The molecule has 3 rings (SSSR count). The average molecular weight is 352 g/mol. The lowest BCUT2D eigenvalue weighted by Gasteiger charge is -2.36. The van der Waals surface area contributed by atoms with Gasteiger partial charge in [0.25, 0.3) is 0 Å². The van der Waals surface area contributed by atoms with E-state index >= 15 is 0 Å². The molecule has 2 saturated heterocycles. The molecule has 1 atom stereocenters. The smallest absolute Gasteiger partial charge is 0.223 e. The predicted molar refractivity (Wildman–Crippen MR) is 100 cm³/mol. The Bertz CT molecular complexity index is 491. The standard InChI is InChI=1S/C19H29N3O.ClH/c23-19(17-9-11-20-12-10-17)21-14-18-8-4-5-13-22(18)15-16-6-2-1-3-7-16;/h1-3,6-7,17-18,20H,4-5,8-15H2,(H,21,23);1H. The van der Waals surface area contributed by atoms with E-state index in [0.29, 0.717) is 6.04 Å². The zero-order valence-corrected chi connectivity index (χ0v) is 15.2. The van der Waals surface area contributed by atoms with E-state index in [9.17, 15) is 4.79 Å². The number of amides is 1. The van der Waals surface area contributed by atoms with Crippen LogP contribution in [0.25, 0.3) is 0 Å². The second kappa shape index (κ2) is 10.0. The van der Waals surface area contributed by atoms with E-state index in [1.54, 1.807) is 0 Å². The molecular weight excluding hydrogens is 322 g/mol. The van der Waals surface area contributed by atoms with Crippen LogP contribution in [0, 0.1) is 5.92 Å². The molecule has 0 spiro atoms. The molecule has 1 unspecified atom stereocenters. The summed E-state index contributed by atoms with van der Waals surface area (Å²) in [6.45, 7) is 4.89. The minimum atomic E-state index is 0. The largest absolute Gasteiger partial charge is 0.354 e. The first-order valence-electron chi connectivity index (χ1n) is 9.09. The maximum atomic E-state index is 12.3. The molecule has 2 fully saturated rings. The second-order valence-electron chi connectivity index (χ2n) is 6.88. The molecule has 0 aromatic heterocycles. The van der Waals surface area contributed by atoms with E-state index in [-0.39, 0.29) is 24.2 Å². The lowest BCUT2D eigenvalue weighted by molar-refractivity contribution is -0.126. The third-order valence-corrected chi connectivity index (χ3v) is 5.20. The number of halogens is 1. The van der Waals surface area contributed by atoms with Gasteiger partial charge in [-0.25, -0.2) is 0 Å². The van der Waals surface area contributed by atoms with Gasteiger partial charge in [-0.05, 0) is 50.9 Å². The molecule has 1 amide bonds. The Hall–Kier alpha value is -1.10. The number of nitrogens with zero attached hydrogens (tertiary/aromatic N) is 1. The van der Waals surface area contributed by atoms with Crippen molar-refractivity contribution in [2.75, 3.05) is 26.2 Å². The predicted octanol–water partition coefficient (Wildman–Crippen LogP) is 2.58. The third-order valence-electron chi connectivity index (χ3n) is 5.20. The van der Waals surface area contributed by atoms with Crippen LogP contribution in [0.5, 0.6) is 0 Å². The van der Waals surface area contributed by atoms with Crippen molar-refractivity contribution in [1.29, 1.82) is 0 Å².